The predicted molar refractivity (Wildman–Crippen MR) is 84.5 cm³/mol. The van der Waals surface area contributed by atoms with Gasteiger partial charge in [-0.1, -0.05) is 11.6 Å². The number of fused-ring (bicyclic) bond motifs is 1. The van der Waals surface area contributed by atoms with Crippen LogP contribution in [0.5, 0.6) is 11.5 Å². The number of hydrogen-bond donors (Lipinski definition) is 0. The van der Waals surface area contributed by atoms with Gasteiger partial charge in [-0.2, -0.15) is 0 Å². The summed E-state index contributed by atoms with van der Waals surface area (Å²) in [6.07, 6.45) is 0. The average molecular weight is 296 g/mol. The molecular weight excluding hydrogens is 280 g/mol. The highest BCUT2D eigenvalue weighted by Crippen LogP contribution is 2.24. The van der Waals surface area contributed by atoms with Crippen LogP contribution in [-0.2, 0) is 6.61 Å². The van der Waals surface area contributed by atoms with Crippen LogP contribution in [0, 0.1) is 6.92 Å². The summed E-state index contributed by atoms with van der Waals surface area (Å²) in [4.78, 5) is 11.3. The third-order valence-corrected chi connectivity index (χ3v) is 3.42. The smallest absolute Gasteiger partial charge is 0.336 e. The maximum atomic E-state index is 11.3. The summed E-state index contributed by atoms with van der Waals surface area (Å²) in [6, 6.07) is 14.5. The van der Waals surface area contributed by atoms with Crippen molar-refractivity contribution in [1.29, 1.82) is 0 Å². The van der Waals surface area contributed by atoms with Gasteiger partial charge in [0.15, 0.2) is 0 Å². The van der Waals surface area contributed by atoms with Crippen molar-refractivity contribution in [3.05, 3.63) is 70.1 Å². The minimum atomic E-state index is -0.370. The first kappa shape index (κ1) is 14.2. The molecule has 3 rings (SSSR count). The van der Waals surface area contributed by atoms with Crippen LogP contribution in [0.1, 0.15) is 11.1 Å². The van der Waals surface area contributed by atoms with Crippen LogP contribution in [0.3, 0.4) is 0 Å². The van der Waals surface area contributed by atoms with Crippen LogP contribution < -0.4 is 15.1 Å². The fourth-order valence-electron chi connectivity index (χ4n) is 2.31. The largest absolute Gasteiger partial charge is 0.496 e. The van der Waals surface area contributed by atoms with Crippen molar-refractivity contribution < 1.29 is 13.9 Å². The summed E-state index contributed by atoms with van der Waals surface area (Å²) in [7, 11) is 1.64. The third-order valence-electron chi connectivity index (χ3n) is 3.42. The number of hydrogen-bond acceptors (Lipinski definition) is 4. The van der Waals surface area contributed by atoms with Crippen molar-refractivity contribution in [3.8, 4) is 11.5 Å². The van der Waals surface area contributed by atoms with E-state index in [2.05, 4.69) is 0 Å². The quantitative estimate of drug-likeness (QED) is 0.689. The third kappa shape index (κ3) is 2.96. The summed E-state index contributed by atoms with van der Waals surface area (Å²) >= 11 is 0. The molecule has 0 spiro atoms. The van der Waals surface area contributed by atoms with Gasteiger partial charge in [-0.3, -0.25) is 0 Å². The zero-order valence-electron chi connectivity index (χ0n) is 12.5. The van der Waals surface area contributed by atoms with Gasteiger partial charge in [0.05, 0.1) is 7.11 Å². The molecule has 4 heteroatoms. The summed E-state index contributed by atoms with van der Waals surface area (Å²) in [5.74, 6) is 1.43. The molecule has 0 radical (unpaired) electrons. The lowest BCUT2D eigenvalue weighted by Crippen LogP contribution is -2.00. The lowest BCUT2D eigenvalue weighted by Gasteiger charge is -2.11. The van der Waals surface area contributed by atoms with Gasteiger partial charge in [-0.05, 0) is 37.3 Å². The number of benzene rings is 2. The molecule has 0 N–H and O–H groups in total. The molecule has 0 fully saturated rings. The SMILES string of the molecule is COc1ccc(C)cc1COc1ccc2ccc(=O)oc2c1. The van der Waals surface area contributed by atoms with Crippen molar-refractivity contribution in [1.82, 2.24) is 0 Å². The first-order chi connectivity index (χ1) is 10.7. The van der Waals surface area contributed by atoms with E-state index >= 15 is 0 Å². The van der Waals surface area contributed by atoms with Crippen LogP contribution in [0.15, 0.2) is 57.7 Å². The van der Waals surface area contributed by atoms with E-state index in [4.69, 9.17) is 13.9 Å². The molecule has 1 heterocycles. The highest BCUT2D eigenvalue weighted by Gasteiger charge is 2.05. The van der Waals surface area contributed by atoms with Crippen LogP contribution in [0.25, 0.3) is 11.0 Å². The second kappa shape index (κ2) is 5.93. The molecule has 1 aromatic heterocycles. The standard InChI is InChI=1S/C18H16O4/c1-12-3-7-16(20-2)14(9-12)11-21-15-6-4-13-5-8-18(19)22-17(13)10-15/h3-10H,11H2,1-2H3. The Morgan fingerprint density at radius 2 is 1.86 bits per heavy atom. The Morgan fingerprint density at radius 1 is 1.05 bits per heavy atom. The van der Waals surface area contributed by atoms with Gasteiger partial charge in [-0.15, -0.1) is 0 Å². The molecule has 0 aliphatic heterocycles. The van der Waals surface area contributed by atoms with Crippen molar-refractivity contribution in [2.75, 3.05) is 7.11 Å². The van der Waals surface area contributed by atoms with Gasteiger partial charge in [-0.25, -0.2) is 4.79 Å². The molecular formula is C18H16O4. The van der Waals surface area contributed by atoms with Gasteiger partial charge < -0.3 is 13.9 Å². The Kier molecular flexibility index (Phi) is 3.83. The predicted octanol–water partition coefficient (Wildman–Crippen LogP) is 3.69. The van der Waals surface area contributed by atoms with Crippen LogP contribution in [0.4, 0.5) is 0 Å². The van der Waals surface area contributed by atoms with Gasteiger partial charge in [0.1, 0.15) is 23.7 Å². The molecule has 0 unspecified atom stereocenters. The molecule has 0 saturated heterocycles. The Hall–Kier alpha value is -2.75. The first-order valence-electron chi connectivity index (χ1n) is 6.96. The summed E-state index contributed by atoms with van der Waals surface area (Å²) < 4.78 is 16.3. The van der Waals surface area contributed by atoms with Gasteiger partial charge in [0, 0.05) is 23.1 Å². The monoisotopic (exact) mass is 296 g/mol. The van der Waals surface area contributed by atoms with E-state index in [1.807, 2.05) is 37.3 Å². The number of rotatable bonds is 4. The van der Waals surface area contributed by atoms with Gasteiger partial charge in [0.2, 0.25) is 0 Å². The van der Waals surface area contributed by atoms with Crippen LogP contribution >= 0.6 is 0 Å². The zero-order valence-corrected chi connectivity index (χ0v) is 12.5. The minimum Gasteiger partial charge on any atom is -0.496 e. The maximum absolute atomic E-state index is 11.3. The zero-order chi connectivity index (χ0) is 15.5. The van der Waals surface area contributed by atoms with E-state index in [9.17, 15) is 4.79 Å². The molecule has 0 amide bonds. The Labute approximate surface area is 127 Å². The van der Waals surface area contributed by atoms with Crippen molar-refractivity contribution in [3.63, 3.8) is 0 Å². The number of ether oxygens (including phenoxy) is 2. The lowest BCUT2D eigenvalue weighted by molar-refractivity contribution is 0.296. The molecule has 3 aromatic rings. The average Bonchev–Trinajstić information content (AvgIpc) is 2.52. The summed E-state index contributed by atoms with van der Waals surface area (Å²) in [6.45, 7) is 2.40. The summed E-state index contributed by atoms with van der Waals surface area (Å²) in [5.41, 5.74) is 2.26. The second-order valence-electron chi connectivity index (χ2n) is 5.06. The van der Waals surface area contributed by atoms with Crippen LogP contribution in [-0.4, -0.2) is 7.11 Å². The minimum absolute atomic E-state index is 0.370. The van der Waals surface area contributed by atoms with Gasteiger partial charge in [0.25, 0.3) is 0 Å². The van der Waals surface area contributed by atoms with Gasteiger partial charge >= 0.3 is 5.63 Å². The van der Waals surface area contributed by atoms with Crippen LogP contribution in [0.2, 0.25) is 0 Å². The molecule has 4 nitrogen and oxygen atoms in total. The molecule has 2 aromatic carbocycles. The van der Waals surface area contributed by atoms with Crippen molar-refractivity contribution in [2.45, 2.75) is 13.5 Å². The Morgan fingerprint density at radius 3 is 2.68 bits per heavy atom. The van der Waals surface area contributed by atoms with E-state index < -0.39 is 0 Å². The topological polar surface area (TPSA) is 48.7 Å². The van der Waals surface area contributed by atoms with Crippen molar-refractivity contribution >= 4 is 11.0 Å². The van der Waals surface area contributed by atoms with E-state index in [0.717, 1.165) is 22.3 Å². The molecule has 0 atom stereocenters. The highest BCUT2D eigenvalue weighted by atomic mass is 16.5. The fraction of sp³-hybridized carbons (Fsp3) is 0.167. The molecule has 0 bridgehead atoms. The van der Waals surface area contributed by atoms with E-state index in [-0.39, 0.29) is 5.63 Å². The molecule has 0 aliphatic rings. The Bertz CT molecular complexity index is 864. The lowest BCUT2D eigenvalue weighted by atomic mass is 10.1. The highest BCUT2D eigenvalue weighted by molar-refractivity contribution is 5.77. The second-order valence-corrected chi connectivity index (χ2v) is 5.06. The fourth-order valence-corrected chi connectivity index (χ4v) is 2.31. The molecule has 0 aliphatic carbocycles. The number of aryl methyl sites for hydroxylation is 1. The first-order valence-corrected chi connectivity index (χ1v) is 6.96. The maximum Gasteiger partial charge on any atom is 0.336 e. The number of methoxy groups -OCH3 is 1. The van der Waals surface area contributed by atoms with E-state index in [1.165, 1.54) is 6.07 Å². The summed E-state index contributed by atoms with van der Waals surface area (Å²) in [5, 5.41) is 0.861. The molecule has 112 valence electrons. The normalized spacial score (nSPS) is 10.6. The van der Waals surface area contributed by atoms with E-state index in [0.29, 0.717) is 17.9 Å². The molecule has 0 saturated carbocycles. The Balaban J connectivity index is 1.84. The van der Waals surface area contributed by atoms with E-state index in [1.54, 1.807) is 19.2 Å². The molecule has 22 heavy (non-hydrogen) atoms. The van der Waals surface area contributed by atoms with Crippen molar-refractivity contribution in [2.24, 2.45) is 0 Å².